The molecule has 0 fully saturated rings. The molecule has 0 atom stereocenters. The van der Waals surface area contributed by atoms with Crippen LogP contribution in [-0.4, -0.2) is 4.98 Å². The second-order valence-corrected chi connectivity index (χ2v) is 4.21. The fourth-order valence-corrected chi connectivity index (χ4v) is 2.05. The zero-order valence-corrected chi connectivity index (χ0v) is 10.2. The second kappa shape index (κ2) is 5.09. The SMILES string of the molecule is CCCc1ncccc1-c1ccc(F)cc1C. The van der Waals surface area contributed by atoms with Crippen molar-refractivity contribution >= 4 is 0 Å². The molecule has 0 saturated heterocycles. The molecule has 0 bridgehead atoms. The van der Waals surface area contributed by atoms with Crippen molar-refractivity contribution in [1.82, 2.24) is 4.98 Å². The van der Waals surface area contributed by atoms with E-state index in [2.05, 4.69) is 18.0 Å². The highest BCUT2D eigenvalue weighted by molar-refractivity contribution is 5.69. The fourth-order valence-electron chi connectivity index (χ4n) is 2.05. The maximum absolute atomic E-state index is 13.1. The Balaban J connectivity index is 2.52. The zero-order chi connectivity index (χ0) is 12.3. The van der Waals surface area contributed by atoms with Crippen molar-refractivity contribution in [3.05, 3.63) is 53.6 Å². The van der Waals surface area contributed by atoms with Crippen LogP contribution < -0.4 is 0 Å². The van der Waals surface area contributed by atoms with E-state index >= 15 is 0 Å². The largest absolute Gasteiger partial charge is 0.261 e. The van der Waals surface area contributed by atoms with Gasteiger partial charge in [0.2, 0.25) is 0 Å². The summed E-state index contributed by atoms with van der Waals surface area (Å²) in [5.41, 5.74) is 4.23. The van der Waals surface area contributed by atoms with Crippen LogP contribution in [0.1, 0.15) is 24.6 Å². The van der Waals surface area contributed by atoms with Crippen LogP contribution in [0.25, 0.3) is 11.1 Å². The first-order valence-electron chi connectivity index (χ1n) is 5.92. The first kappa shape index (κ1) is 11.8. The van der Waals surface area contributed by atoms with Gasteiger partial charge in [0.05, 0.1) is 0 Å². The molecular formula is C15H16FN. The van der Waals surface area contributed by atoms with Gasteiger partial charge in [-0.05, 0) is 42.7 Å². The highest BCUT2D eigenvalue weighted by atomic mass is 19.1. The minimum atomic E-state index is -0.188. The number of nitrogens with zero attached hydrogens (tertiary/aromatic N) is 1. The van der Waals surface area contributed by atoms with Gasteiger partial charge in [0.1, 0.15) is 5.82 Å². The number of hydrogen-bond acceptors (Lipinski definition) is 1. The maximum Gasteiger partial charge on any atom is 0.123 e. The summed E-state index contributed by atoms with van der Waals surface area (Å²) in [6, 6.07) is 8.89. The van der Waals surface area contributed by atoms with E-state index in [9.17, 15) is 4.39 Å². The third kappa shape index (κ3) is 2.52. The van der Waals surface area contributed by atoms with Crippen LogP contribution in [-0.2, 0) is 6.42 Å². The van der Waals surface area contributed by atoms with Crippen molar-refractivity contribution in [2.75, 3.05) is 0 Å². The van der Waals surface area contributed by atoms with Gasteiger partial charge in [0.15, 0.2) is 0 Å². The zero-order valence-electron chi connectivity index (χ0n) is 10.2. The van der Waals surface area contributed by atoms with Crippen LogP contribution in [0.15, 0.2) is 36.5 Å². The molecule has 0 aliphatic rings. The molecule has 0 N–H and O–H groups in total. The lowest BCUT2D eigenvalue weighted by Gasteiger charge is -2.10. The Hall–Kier alpha value is -1.70. The summed E-state index contributed by atoms with van der Waals surface area (Å²) in [7, 11) is 0. The summed E-state index contributed by atoms with van der Waals surface area (Å²) < 4.78 is 13.1. The van der Waals surface area contributed by atoms with Crippen molar-refractivity contribution in [2.24, 2.45) is 0 Å². The van der Waals surface area contributed by atoms with E-state index in [1.165, 1.54) is 6.07 Å². The summed E-state index contributed by atoms with van der Waals surface area (Å²) >= 11 is 0. The Morgan fingerprint density at radius 1 is 1.18 bits per heavy atom. The molecule has 0 spiro atoms. The van der Waals surface area contributed by atoms with Gasteiger partial charge >= 0.3 is 0 Å². The molecule has 0 aliphatic heterocycles. The number of aryl methyl sites for hydroxylation is 2. The topological polar surface area (TPSA) is 12.9 Å². The smallest absolute Gasteiger partial charge is 0.123 e. The molecule has 17 heavy (non-hydrogen) atoms. The number of halogens is 1. The number of rotatable bonds is 3. The molecule has 2 heteroatoms. The molecule has 1 aromatic carbocycles. The lowest BCUT2D eigenvalue weighted by atomic mass is 9.97. The molecule has 1 aromatic heterocycles. The summed E-state index contributed by atoms with van der Waals surface area (Å²) in [5, 5.41) is 0. The van der Waals surface area contributed by atoms with Gasteiger partial charge in [-0.2, -0.15) is 0 Å². The highest BCUT2D eigenvalue weighted by Crippen LogP contribution is 2.26. The van der Waals surface area contributed by atoms with Crippen molar-refractivity contribution in [3.8, 4) is 11.1 Å². The van der Waals surface area contributed by atoms with Gasteiger partial charge in [-0.1, -0.05) is 25.5 Å². The molecule has 0 radical (unpaired) electrons. The molecule has 0 amide bonds. The van der Waals surface area contributed by atoms with Gasteiger partial charge in [0, 0.05) is 17.5 Å². The number of pyridine rings is 1. The second-order valence-electron chi connectivity index (χ2n) is 4.21. The van der Waals surface area contributed by atoms with E-state index in [0.29, 0.717) is 0 Å². The van der Waals surface area contributed by atoms with E-state index < -0.39 is 0 Å². The Labute approximate surface area is 101 Å². The highest BCUT2D eigenvalue weighted by Gasteiger charge is 2.08. The quantitative estimate of drug-likeness (QED) is 0.770. The van der Waals surface area contributed by atoms with Crippen LogP contribution >= 0.6 is 0 Å². The predicted octanol–water partition coefficient (Wildman–Crippen LogP) is 4.15. The van der Waals surface area contributed by atoms with Gasteiger partial charge in [-0.15, -0.1) is 0 Å². The molecule has 0 aliphatic carbocycles. The fraction of sp³-hybridized carbons (Fsp3) is 0.267. The Kier molecular flexibility index (Phi) is 3.52. The van der Waals surface area contributed by atoms with Gasteiger partial charge in [-0.25, -0.2) is 4.39 Å². The van der Waals surface area contributed by atoms with Crippen LogP contribution in [0.4, 0.5) is 4.39 Å². The normalized spacial score (nSPS) is 10.5. The standard InChI is InChI=1S/C15H16FN/c1-3-5-15-14(6-4-9-17-15)13-8-7-12(16)10-11(13)2/h4,6-10H,3,5H2,1-2H3. The minimum absolute atomic E-state index is 0.188. The van der Waals surface area contributed by atoms with E-state index in [-0.39, 0.29) is 5.82 Å². The van der Waals surface area contributed by atoms with Crippen molar-refractivity contribution in [3.63, 3.8) is 0 Å². The van der Waals surface area contributed by atoms with Crippen LogP contribution in [0, 0.1) is 12.7 Å². The van der Waals surface area contributed by atoms with Gasteiger partial charge in [0.25, 0.3) is 0 Å². The van der Waals surface area contributed by atoms with E-state index in [4.69, 9.17) is 0 Å². The number of benzene rings is 1. The molecule has 2 aromatic rings. The molecule has 0 saturated carbocycles. The van der Waals surface area contributed by atoms with Crippen molar-refractivity contribution in [2.45, 2.75) is 26.7 Å². The third-order valence-electron chi connectivity index (χ3n) is 2.86. The lowest BCUT2D eigenvalue weighted by Crippen LogP contribution is -1.95. The van der Waals surface area contributed by atoms with Gasteiger partial charge in [-0.3, -0.25) is 4.98 Å². The van der Waals surface area contributed by atoms with E-state index in [1.54, 1.807) is 6.07 Å². The van der Waals surface area contributed by atoms with Gasteiger partial charge < -0.3 is 0 Å². The Morgan fingerprint density at radius 2 is 2.00 bits per heavy atom. The minimum Gasteiger partial charge on any atom is -0.261 e. The molecule has 1 heterocycles. The number of hydrogen-bond donors (Lipinski definition) is 0. The summed E-state index contributed by atoms with van der Waals surface area (Å²) in [5.74, 6) is -0.188. The molecular weight excluding hydrogens is 213 g/mol. The molecule has 88 valence electrons. The third-order valence-corrected chi connectivity index (χ3v) is 2.86. The summed E-state index contributed by atoms with van der Waals surface area (Å²) in [6.45, 7) is 4.07. The molecule has 0 unspecified atom stereocenters. The first-order chi connectivity index (χ1) is 8.22. The lowest BCUT2D eigenvalue weighted by molar-refractivity contribution is 0.627. The molecule has 2 rings (SSSR count). The first-order valence-corrected chi connectivity index (χ1v) is 5.92. The Bertz CT molecular complexity index is 520. The Morgan fingerprint density at radius 3 is 2.71 bits per heavy atom. The van der Waals surface area contributed by atoms with Crippen LogP contribution in [0.5, 0.6) is 0 Å². The monoisotopic (exact) mass is 229 g/mol. The van der Waals surface area contributed by atoms with Crippen LogP contribution in [0.2, 0.25) is 0 Å². The average Bonchev–Trinajstić information content (AvgIpc) is 2.31. The maximum atomic E-state index is 13.1. The van der Waals surface area contributed by atoms with Crippen molar-refractivity contribution < 1.29 is 4.39 Å². The van der Waals surface area contributed by atoms with Crippen molar-refractivity contribution in [1.29, 1.82) is 0 Å². The van der Waals surface area contributed by atoms with E-state index in [0.717, 1.165) is 35.2 Å². The predicted molar refractivity (Wildman–Crippen MR) is 68.4 cm³/mol. The summed E-state index contributed by atoms with van der Waals surface area (Å²) in [4.78, 5) is 4.41. The summed E-state index contributed by atoms with van der Waals surface area (Å²) in [6.07, 6.45) is 3.82. The molecule has 1 nitrogen and oxygen atoms in total. The average molecular weight is 229 g/mol. The van der Waals surface area contributed by atoms with Crippen LogP contribution in [0.3, 0.4) is 0 Å². The van der Waals surface area contributed by atoms with E-state index in [1.807, 2.05) is 25.3 Å². The number of aromatic nitrogens is 1.